The smallest absolute Gasteiger partial charge is 0.333 e. The van der Waals surface area contributed by atoms with E-state index in [9.17, 15) is 18.4 Å². The molecular weight excluding hydrogens is 530 g/mol. The van der Waals surface area contributed by atoms with E-state index in [0.29, 0.717) is 40.3 Å². The molecule has 0 N–H and O–H groups in total. The third-order valence-electron chi connectivity index (χ3n) is 7.88. The molecule has 1 amide bonds. The number of fused-ring (bicyclic) bond motifs is 1. The van der Waals surface area contributed by atoms with Crippen LogP contribution in [0.2, 0.25) is 5.02 Å². The van der Waals surface area contributed by atoms with Crippen LogP contribution in [-0.2, 0) is 27.8 Å². The molecular formula is C27H25ClF2N6O3. The van der Waals surface area contributed by atoms with Crippen LogP contribution in [0.1, 0.15) is 36.4 Å². The molecule has 1 aromatic carbocycles. The highest BCUT2D eigenvalue weighted by Crippen LogP contribution is 2.66. The van der Waals surface area contributed by atoms with E-state index < -0.39 is 24.0 Å². The minimum atomic E-state index is -2.79. The number of hydrogen-bond acceptors (Lipinski definition) is 6. The van der Waals surface area contributed by atoms with Gasteiger partial charge in [0.05, 0.1) is 18.7 Å². The monoisotopic (exact) mass is 554 g/mol. The van der Waals surface area contributed by atoms with Gasteiger partial charge in [0.1, 0.15) is 6.04 Å². The maximum Gasteiger partial charge on any atom is 0.333 e. The Morgan fingerprint density at radius 2 is 2.05 bits per heavy atom. The zero-order chi connectivity index (χ0) is 27.5. The number of halogens is 3. The zero-order valence-electron chi connectivity index (χ0n) is 21.2. The summed E-state index contributed by atoms with van der Waals surface area (Å²) in [5, 5.41) is 9.43. The molecule has 0 radical (unpaired) electrons. The number of amides is 1. The average molecular weight is 555 g/mol. The minimum Gasteiger partial charge on any atom is -0.467 e. The molecule has 2 aliphatic rings. The lowest BCUT2D eigenvalue weighted by atomic mass is 9.95. The minimum absolute atomic E-state index is 0.0383. The number of ether oxygens (including phenoxy) is 1. The highest BCUT2D eigenvalue weighted by molar-refractivity contribution is 6.31. The van der Waals surface area contributed by atoms with Gasteiger partial charge >= 0.3 is 12.5 Å². The molecule has 39 heavy (non-hydrogen) atoms. The van der Waals surface area contributed by atoms with Crippen molar-refractivity contribution in [1.29, 1.82) is 0 Å². The summed E-state index contributed by atoms with van der Waals surface area (Å²) >= 11 is 6.75. The van der Waals surface area contributed by atoms with Crippen molar-refractivity contribution in [3.63, 3.8) is 0 Å². The second-order valence-corrected chi connectivity index (χ2v) is 10.6. The van der Waals surface area contributed by atoms with Gasteiger partial charge < -0.3 is 9.64 Å². The van der Waals surface area contributed by atoms with Crippen LogP contribution in [0, 0.1) is 5.41 Å². The van der Waals surface area contributed by atoms with Crippen LogP contribution in [0.5, 0.6) is 0 Å². The van der Waals surface area contributed by atoms with Crippen molar-refractivity contribution in [2.75, 3.05) is 13.7 Å². The van der Waals surface area contributed by atoms with Crippen LogP contribution in [-0.4, -0.2) is 61.0 Å². The Morgan fingerprint density at radius 3 is 2.77 bits per heavy atom. The summed E-state index contributed by atoms with van der Waals surface area (Å²) in [4.78, 5) is 32.3. The molecule has 202 valence electrons. The van der Waals surface area contributed by atoms with Gasteiger partial charge in [0.2, 0.25) is 5.91 Å². The Balaban J connectivity index is 1.21. The number of aryl methyl sites for hydroxylation is 1. The molecule has 0 bridgehead atoms. The number of alkyl halides is 2. The van der Waals surface area contributed by atoms with E-state index >= 15 is 0 Å². The van der Waals surface area contributed by atoms with Gasteiger partial charge in [0.15, 0.2) is 5.65 Å². The van der Waals surface area contributed by atoms with Crippen molar-refractivity contribution in [2.24, 2.45) is 12.5 Å². The van der Waals surface area contributed by atoms with Crippen LogP contribution in [0.3, 0.4) is 0 Å². The Hall–Kier alpha value is -3.86. The second-order valence-electron chi connectivity index (χ2n) is 10.2. The van der Waals surface area contributed by atoms with E-state index in [4.69, 9.17) is 16.3 Å². The van der Waals surface area contributed by atoms with Crippen LogP contribution in [0.15, 0.2) is 49.1 Å². The van der Waals surface area contributed by atoms with E-state index in [1.54, 1.807) is 10.9 Å². The summed E-state index contributed by atoms with van der Waals surface area (Å²) in [5.41, 5.74) is 3.16. The average Bonchev–Trinajstić information content (AvgIpc) is 3.18. The third kappa shape index (κ3) is 4.34. The summed E-state index contributed by atoms with van der Waals surface area (Å²) in [6.45, 7) is -2.42. The number of methoxy groups -OCH3 is 1. The number of aromatic nitrogens is 5. The van der Waals surface area contributed by atoms with E-state index in [0.717, 1.165) is 22.1 Å². The molecule has 1 saturated heterocycles. The Bertz CT molecular complexity index is 1600. The molecule has 4 heterocycles. The van der Waals surface area contributed by atoms with Crippen LogP contribution < -0.4 is 0 Å². The largest absolute Gasteiger partial charge is 0.467 e. The predicted octanol–water partition coefficient (Wildman–Crippen LogP) is 4.37. The number of carbonyl (C=O) groups excluding carboxylic acids is 2. The molecule has 6 rings (SSSR count). The van der Waals surface area contributed by atoms with Crippen molar-refractivity contribution in [1.82, 2.24) is 29.4 Å². The van der Waals surface area contributed by atoms with E-state index in [1.807, 2.05) is 37.5 Å². The normalized spacial score (nSPS) is 21.3. The first kappa shape index (κ1) is 25.4. The molecule has 2 fully saturated rings. The third-order valence-corrected chi connectivity index (χ3v) is 8.20. The van der Waals surface area contributed by atoms with Gasteiger partial charge in [0.25, 0.3) is 0 Å². The summed E-state index contributed by atoms with van der Waals surface area (Å²) in [6, 6.07) is 6.90. The first-order valence-electron chi connectivity index (χ1n) is 12.5. The summed E-state index contributed by atoms with van der Waals surface area (Å²) in [6.07, 6.45) is 7.36. The van der Waals surface area contributed by atoms with Gasteiger partial charge in [-0.25, -0.2) is 14.5 Å². The number of nitrogens with zero attached hydrogens (tertiary/aromatic N) is 6. The number of likely N-dealkylation sites (tertiary alicyclic amines) is 1. The molecule has 1 aliphatic heterocycles. The van der Waals surface area contributed by atoms with Crippen molar-refractivity contribution in [3.05, 3.63) is 65.2 Å². The number of pyridine rings is 1. The molecule has 1 aliphatic carbocycles. The van der Waals surface area contributed by atoms with Gasteiger partial charge in [-0.1, -0.05) is 23.7 Å². The summed E-state index contributed by atoms with van der Waals surface area (Å²) in [5.74, 6) is -0.810. The lowest BCUT2D eigenvalue weighted by Crippen LogP contribution is -2.45. The Kier molecular flexibility index (Phi) is 6.13. The van der Waals surface area contributed by atoms with Gasteiger partial charge in [-0.2, -0.15) is 19.0 Å². The molecule has 1 saturated carbocycles. The Labute approximate surface area is 227 Å². The van der Waals surface area contributed by atoms with Crippen molar-refractivity contribution in [2.45, 2.75) is 37.8 Å². The van der Waals surface area contributed by atoms with Gasteiger partial charge in [0, 0.05) is 60.5 Å². The highest BCUT2D eigenvalue weighted by Gasteiger charge is 2.65. The number of carbonyl (C=O) groups is 2. The highest BCUT2D eigenvalue weighted by atomic mass is 35.5. The van der Waals surface area contributed by atoms with Gasteiger partial charge in [-0.3, -0.25) is 9.48 Å². The molecule has 12 heteroatoms. The van der Waals surface area contributed by atoms with Crippen molar-refractivity contribution >= 4 is 34.5 Å². The lowest BCUT2D eigenvalue weighted by Gasteiger charge is -2.26. The molecule has 1 spiro atoms. The summed E-state index contributed by atoms with van der Waals surface area (Å²) in [7, 11) is 3.09. The number of rotatable bonds is 7. The molecule has 3 aromatic heterocycles. The van der Waals surface area contributed by atoms with Crippen LogP contribution in [0.4, 0.5) is 8.78 Å². The number of benzene rings is 1. The van der Waals surface area contributed by atoms with Gasteiger partial charge in [-0.05, 0) is 41.7 Å². The summed E-state index contributed by atoms with van der Waals surface area (Å²) < 4.78 is 33.1. The molecule has 4 aromatic rings. The fraction of sp³-hybridized carbons (Fsp3) is 0.370. The fourth-order valence-corrected chi connectivity index (χ4v) is 6.10. The zero-order valence-corrected chi connectivity index (χ0v) is 22.0. The van der Waals surface area contributed by atoms with Crippen LogP contribution >= 0.6 is 11.6 Å². The van der Waals surface area contributed by atoms with Crippen molar-refractivity contribution in [3.8, 4) is 11.1 Å². The maximum absolute atomic E-state index is 13.7. The first-order chi connectivity index (χ1) is 18.7. The number of hydrogen-bond donors (Lipinski definition) is 0. The van der Waals surface area contributed by atoms with Crippen molar-refractivity contribution < 1.29 is 23.1 Å². The Morgan fingerprint density at radius 1 is 1.23 bits per heavy atom. The van der Waals surface area contributed by atoms with E-state index in [-0.39, 0.29) is 18.2 Å². The SMILES string of the molecule is COC(=O)[C@@H](Cc1cnn(C(F)F)c1)N1CC[C@]2(C[C@H]2c2ccc(-c3cnc4nn(C)cc4c3)cc2Cl)C1=O. The first-order valence-corrected chi connectivity index (χ1v) is 12.9. The van der Waals surface area contributed by atoms with Crippen LogP contribution in [0.25, 0.3) is 22.2 Å². The maximum atomic E-state index is 13.7. The standard InChI is InChI=1S/C27H25ClF2N6O3/c1-34-14-18-8-17(12-31-23(18)33-34)16-3-4-19(21(28)9-16)20-10-27(20)5-6-35(25(27)38)22(24(37)39-2)7-15-11-32-36(13-15)26(29)30/h3-4,8-9,11-14,20,22,26H,5-7,10H2,1-2H3/t20-,22+,27+/m0/s1. The topological polar surface area (TPSA) is 95.1 Å². The second kappa shape index (κ2) is 9.41. The van der Waals surface area contributed by atoms with Gasteiger partial charge in [-0.15, -0.1) is 0 Å². The molecule has 3 atom stereocenters. The molecule has 0 unspecified atom stereocenters. The molecule has 9 nitrogen and oxygen atoms in total. The lowest BCUT2D eigenvalue weighted by molar-refractivity contribution is -0.152. The van der Waals surface area contributed by atoms with E-state index in [1.165, 1.54) is 24.4 Å². The predicted molar refractivity (Wildman–Crippen MR) is 138 cm³/mol. The van der Waals surface area contributed by atoms with E-state index in [2.05, 4.69) is 15.2 Å². The quantitative estimate of drug-likeness (QED) is 0.315. The number of esters is 1. The fourth-order valence-electron chi connectivity index (χ4n) is 5.79.